The fourth-order valence-electron chi connectivity index (χ4n) is 1.18. The largest absolute Gasteiger partial charge is 0.502 e. The van der Waals surface area contributed by atoms with Crippen molar-refractivity contribution in [3.05, 3.63) is 33.4 Å². The summed E-state index contributed by atoms with van der Waals surface area (Å²) in [7, 11) is 0. The van der Waals surface area contributed by atoms with Gasteiger partial charge < -0.3 is 5.11 Å². The highest BCUT2D eigenvalue weighted by molar-refractivity contribution is 5.53. The van der Waals surface area contributed by atoms with Crippen LogP contribution in [0.5, 0.6) is 5.75 Å². The Balaban J connectivity index is 3.38. The van der Waals surface area contributed by atoms with Crippen LogP contribution in [0.25, 0.3) is 0 Å². The van der Waals surface area contributed by atoms with Gasteiger partial charge in [0.1, 0.15) is 0 Å². The van der Waals surface area contributed by atoms with Gasteiger partial charge in [0.05, 0.1) is 4.92 Å². The second-order valence-corrected chi connectivity index (χ2v) is 2.71. The van der Waals surface area contributed by atoms with E-state index in [-0.39, 0.29) is 11.4 Å². The first-order chi connectivity index (χ1) is 5.52. The van der Waals surface area contributed by atoms with Gasteiger partial charge in [-0.25, -0.2) is 0 Å². The van der Waals surface area contributed by atoms with E-state index < -0.39 is 4.92 Å². The first-order valence-corrected chi connectivity index (χ1v) is 3.47. The highest BCUT2D eigenvalue weighted by Gasteiger charge is 2.16. The van der Waals surface area contributed by atoms with Gasteiger partial charge in [-0.2, -0.15) is 0 Å². The molecule has 0 aliphatic rings. The van der Waals surface area contributed by atoms with Gasteiger partial charge in [-0.1, -0.05) is 0 Å². The zero-order chi connectivity index (χ0) is 9.30. The van der Waals surface area contributed by atoms with Crippen LogP contribution >= 0.6 is 0 Å². The highest BCUT2D eigenvalue weighted by atomic mass is 16.6. The molecule has 0 amide bonds. The molecule has 0 radical (unpaired) electrons. The van der Waals surface area contributed by atoms with Gasteiger partial charge in [-0.15, -0.1) is 0 Å². The van der Waals surface area contributed by atoms with Crippen molar-refractivity contribution in [2.24, 2.45) is 0 Å². The summed E-state index contributed by atoms with van der Waals surface area (Å²) in [6.07, 6.45) is 0. The third kappa shape index (κ3) is 1.37. The molecule has 1 aromatic rings. The molecule has 0 aliphatic heterocycles. The second kappa shape index (κ2) is 2.81. The van der Waals surface area contributed by atoms with Gasteiger partial charge in [0.2, 0.25) is 0 Å². The average Bonchev–Trinajstić information content (AvgIpc) is 1.82. The minimum Gasteiger partial charge on any atom is -0.502 e. The summed E-state index contributed by atoms with van der Waals surface area (Å²) in [6, 6.07) is 3.04. The highest BCUT2D eigenvalue weighted by Crippen LogP contribution is 2.30. The lowest BCUT2D eigenvalue weighted by atomic mass is 10.1. The molecular weight excluding hydrogens is 158 g/mol. The lowest BCUT2D eigenvalue weighted by Gasteiger charge is -2.00. The second-order valence-electron chi connectivity index (χ2n) is 2.71. The number of nitro groups is 1. The van der Waals surface area contributed by atoms with Gasteiger partial charge in [-0.05, 0) is 31.5 Å². The fraction of sp³-hybridized carbons (Fsp3) is 0.250. The number of rotatable bonds is 1. The molecule has 0 saturated carbocycles. The predicted molar refractivity (Wildman–Crippen MR) is 44.2 cm³/mol. The van der Waals surface area contributed by atoms with Crippen LogP contribution in [0.2, 0.25) is 0 Å². The van der Waals surface area contributed by atoms with Gasteiger partial charge in [-0.3, -0.25) is 10.1 Å². The molecule has 1 aromatic carbocycles. The minimum absolute atomic E-state index is 0.208. The van der Waals surface area contributed by atoms with E-state index in [0.717, 1.165) is 5.56 Å². The van der Waals surface area contributed by atoms with Crippen LogP contribution in [0.15, 0.2) is 12.1 Å². The molecule has 0 saturated heterocycles. The van der Waals surface area contributed by atoms with E-state index in [1.165, 1.54) is 6.07 Å². The van der Waals surface area contributed by atoms with Crippen LogP contribution in [-0.4, -0.2) is 10.0 Å². The molecule has 0 unspecified atom stereocenters. The molecule has 0 bridgehead atoms. The van der Waals surface area contributed by atoms with Gasteiger partial charge in [0.15, 0.2) is 5.75 Å². The predicted octanol–water partition coefficient (Wildman–Crippen LogP) is 1.92. The number of phenols is 1. The number of nitrogens with zero attached hydrogens (tertiary/aromatic N) is 1. The molecule has 4 heteroatoms. The number of aromatic hydroxyl groups is 1. The molecule has 64 valence electrons. The normalized spacial score (nSPS) is 9.83. The maximum Gasteiger partial charge on any atom is 0.313 e. The molecule has 0 aromatic heterocycles. The Morgan fingerprint density at radius 2 is 2.00 bits per heavy atom. The van der Waals surface area contributed by atoms with E-state index in [0.29, 0.717) is 5.56 Å². The summed E-state index contributed by atoms with van der Waals surface area (Å²) in [4.78, 5) is 9.82. The van der Waals surface area contributed by atoms with Crippen LogP contribution in [0.3, 0.4) is 0 Å². The standard InChI is InChI=1S/C8H9NO3/c1-5-3-6(2)8(9(11)12)7(10)4-5/h3-4,10H,1-2H3. The fourth-order valence-corrected chi connectivity index (χ4v) is 1.18. The number of nitro benzene ring substituents is 1. The van der Waals surface area contributed by atoms with E-state index in [4.69, 9.17) is 0 Å². The molecule has 1 rings (SSSR count). The molecule has 0 fully saturated rings. The number of benzene rings is 1. The summed E-state index contributed by atoms with van der Waals surface area (Å²) in [5.74, 6) is -0.266. The Labute approximate surface area is 69.6 Å². The van der Waals surface area contributed by atoms with E-state index >= 15 is 0 Å². The molecular formula is C8H9NO3. The van der Waals surface area contributed by atoms with E-state index in [9.17, 15) is 15.2 Å². The Hall–Kier alpha value is -1.58. The summed E-state index contributed by atoms with van der Waals surface area (Å²) >= 11 is 0. The van der Waals surface area contributed by atoms with Crippen LogP contribution in [0.4, 0.5) is 5.69 Å². The van der Waals surface area contributed by atoms with E-state index in [2.05, 4.69) is 0 Å². The number of phenolic OH excluding ortho intramolecular Hbond substituents is 1. The molecule has 0 heterocycles. The van der Waals surface area contributed by atoms with Crippen molar-refractivity contribution in [3.63, 3.8) is 0 Å². The lowest BCUT2D eigenvalue weighted by molar-refractivity contribution is -0.386. The molecule has 12 heavy (non-hydrogen) atoms. The van der Waals surface area contributed by atoms with Crippen LogP contribution in [0, 0.1) is 24.0 Å². The first kappa shape index (κ1) is 8.52. The van der Waals surface area contributed by atoms with Crippen molar-refractivity contribution < 1.29 is 10.0 Å². The summed E-state index contributed by atoms with van der Waals surface area (Å²) in [5.41, 5.74) is 1.09. The zero-order valence-corrected chi connectivity index (χ0v) is 6.87. The smallest absolute Gasteiger partial charge is 0.313 e. The monoisotopic (exact) mass is 167 g/mol. The Morgan fingerprint density at radius 3 is 2.42 bits per heavy atom. The first-order valence-electron chi connectivity index (χ1n) is 3.47. The van der Waals surface area contributed by atoms with E-state index in [1.807, 2.05) is 0 Å². The summed E-state index contributed by atoms with van der Waals surface area (Å²) < 4.78 is 0. The van der Waals surface area contributed by atoms with Crippen LogP contribution in [0.1, 0.15) is 11.1 Å². The Bertz CT molecular complexity index is 310. The van der Waals surface area contributed by atoms with Crippen molar-refractivity contribution in [2.45, 2.75) is 13.8 Å². The van der Waals surface area contributed by atoms with Crippen LogP contribution < -0.4 is 0 Å². The number of aryl methyl sites for hydroxylation is 2. The molecule has 0 aliphatic carbocycles. The van der Waals surface area contributed by atoms with Crippen LogP contribution in [-0.2, 0) is 0 Å². The summed E-state index contributed by atoms with van der Waals surface area (Å²) in [6.45, 7) is 3.38. The summed E-state index contributed by atoms with van der Waals surface area (Å²) in [5, 5.41) is 19.6. The quantitative estimate of drug-likeness (QED) is 0.513. The molecule has 1 N–H and O–H groups in total. The van der Waals surface area contributed by atoms with Crippen molar-refractivity contribution in [1.29, 1.82) is 0 Å². The van der Waals surface area contributed by atoms with Crippen molar-refractivity contribution in [1.82, 2.24) is 0 Å². The number of hydrogen-bond donors (Lipinski definition) is 1. The minimum atomic E-state index is -0.579. The molecule has 0 spiro atoms. The van der Waals surface area contributed by atoms with Gasteiger partial charge in [0, 0.05) is 5.56 Å². The maximum atomic E-state index is 10.4. The lowest BCUT2D eigenvalue weighted by Crippen LogP contribution is -1.92. The molecule has 0 atom stereocenters. The van der Waals surface area contributed by atoms with Gasteiger partial charge >= 0.3 is 5.69 Å². The number of hydrogen-bond acceptors (Lipinski definition) is 3. The van der Waals surface area contributed by atoms with Crippen molar-refractivity contribution in [3.8, 4) is 5.75 Å². The van der Waals surface area contributed by atoms with Gasteiger partial charge in [0.25, 0.3) is 0 Å². The average molecular weight is 167 g/mol. The third-order valence-electron chi connectivity index (χ3n) is 1.61. The SMILES string of the molecule is Cc1cc(C)c([N+](=O)[O-])c(O)c1. The topological polar surface area (TPSA) is 63.4 Å². The Morgan fingerprint density at radius 1 is 1.42 bits per heavy atom. The third-order valence-corrected chi connectivity index (χ3v) is 1.61. The van der Waals surface area contributed by atoms with E-state index in [1.54, 1.807) is 19.9 Å². The molecule has 4 nitrogen and oxygen atoms in total. The maximum absolute atomic E-state index is 10.4. The van der Waals surface area contributed by atoms with Crippen molar-refractivity contribution in [2.75, 3.05) is 0 Å². The zero-order valence-electron chi connectivity index (χ0n) is 6.87. The van der Waals surface area contributed by atoms with Crippen molar-refractivity contribution >= 4 is 5.69 Å². The Kier molecular flexibility index (Phi) is 1.99.